The highest BCUT2D eigenvalue weighted by Crippen LogP contribution is 2.14. The molecule has 0 fully saturated rings. The molecule has 100 valence electrons. The van der Waals surface area contributed by atoms with E-state index in [0.29, 0.717) is 18.8 Å². The van der Waals surface area contributed by atoms with Gasteiger partial charge in [0.05, 0.1) is 6.33 Å². The summed E-state index contributed by atoms with van der Waals surface area (Å²) in [5.74, 6) is -0.760. The number of anilines is 1. The third kappa shape index (κ3) is 3.38. The molecule has 19 heavy (non-hydrogen) atoms. The van der Waals surface area contributed by atoms with E-state index in [0.717, 1.165) is 5.56 Å². The summed E-state index contributed by atoms with van der Waals surface area (Å²) in [6, 6.07) is 4.35. The van der Waals surface area contributed by atoms with Crippen molar-refractivity contribution in [1.29, 1.82) is 0 Å². The van der Waals surface area contributed by atoms with Gasteiger partial charge in [-0.25, -0.2) is 9.37 Å². The van der Waals surface area contributed by atoms with Gasteiger partial charge in [-0.3, -0.25) is 4.79 Å². The average Bonchev–Trinajstić information content (AvgIpc) is 2.76. The van der Waals surface area contributed by atoms with Crippen molar-refractivity contribution in [2.24, 2.45) is 5.73 Å². The molecule has 0 bridgehead atoms. The molecule has 0 aliphatic heterocycles. The molecule has 0 atom stereocenters. The Bertz CT molecular complexity index is 574. The number of carbonyl (C=O) groups excluding carboxylic acids is 1. The maximum atomic E-state index is 13.2. The number of nitrogens with two attached hydrogens (primary N) is 1. The Morgan fingerprint density at radius 3 is 2.95 bits per heavy atom. The van der Waals surface area contributed by atoms with Gasteiger partial charge in [0.1, 0.15) is 11.5 Å². The smallest absolute Gasteiger partial charge is 0.275 e. The van der Waals surface area contributed by atoms with Gasteiger partial charge >= 0.3 is 0 Å². The van der Waals surface area contributed by atoms with Gasteiger partial charge in [0, 0.05) is 25.0 Å². The van der Waals surface area contributed by atoms with Crippen LogP contribution in [0.3, 0.4) is 0 Å². The van der Waals surface area contributed by atoms with Crippen molar-refractivity contribution >= 4 is 11.6 Å². The molecule has 0 aliphatic carbocycles. The fraction of sp³-hybridized carbons (Fsp3) is 0.231. The minimum Gasteiger partial charge on any atom is -0.335 e. The minimum atomic E-state index is -0.385. The molecule has 1 aromatic heterocycles. The maximum absolute atomic E-state index is 13.2. The van der Waals surface area contributed by atoms with E-state index < -0.39 is 0 Å². The largest absolute Gasteiger partial charge is 0.335 e. The normalized spacial score (nSPS) is 10.5. The molecule has 1 heterocycles. The molecule has 2 rings (SSSR count). The predicted molar refractivity (Wildman–Crippen MR) is 70.4 cm³/mol. The van der Waals surface area contributed by atoms with E-state index in [4.69, 9.17) is 5.73 Å². The van der Waals surface area contributed by atoms with Crippen LogP contribution in [0, 0.1) is 12.7 Å². The van der Waals surface area contributed by atoms with Crippen LogP contribution in [0.15, 0.2) is 30.7 Å². The van der Waals surface area contributed by atoms with Gasteiger partial charge < -0.3 is 15.6 Å². The third-order valence-electron chi connectivity index (χ3n) is 2.55. The molecule has 3 N–H and O–H groups in total. The molecule has 6 heteroatoms. The van der Waals surface area contributed by atoms with Crippen molar-refractivity contribution in [3.8, 4) is 0 Å². The van der Waals surface area contributed by atoms with Crippen LogP contribution in [0.25, 0.3) is 0 Å². The summed E-state index contributed by atoms with van der Waals surface area (Å²) in [7, 11) is 0. The molecule has 5 nitrogen and oxygen atoms in total. The molecular formula is C13H15FN4O. The van der Waals surface area contributed by atoms with E-state index in [-0.39, 0.29) is 17.4 Å². The maximum Gasteiger partial charge on any atom is 0.275 e. The zero-order valence-corrected chi connectivity index (χ0v) is 10.6. The summed E-state index contributed by atoms with van der Waals surface area (Å²) < 4.78 is 14.9. The molecule has 0 saturated carbocycles. The molecule has 0 aliphatic rings. The zero-order chi connectivity index (χ0) is 13.8. The highest BCUT2D eigenvalue weighted by atomic mass is 19.1. The Balaban J connectivity index is 2.11. The number of hydrogen-bond acceptors (Lipinski definition) is 3. The number of nitrogens with one attached hydrogen (secondary N) is 1. The fourth-order valence-electron chi connectivity index (χ4n) is 1.75. The van der Waals surface area contributed by atoms with E-state index in [1.54, 1.807) is 30.1 Å². The standard InChI is InChI=1S/C13H15FN4O/c1-9-4-10(14)6-11(5-9)17-13(19)12-7-18(3-2-15)8-16-12/h4-8H,2-3,15H2,1H3,(H,17,19). The number of benzene rings is 1. The van der Waals surface area contributed by atoms with Crippen LogP contribution >= 0.6 is 0 Å². The summed E-state index contributed by atoms with van der Waals surface area (Å²) in [4.78, 5) is 15.9. The molecule has 0 unspecified atom stereocenters. The van der Waals surface area contributed by atoms with Crippen LogP contribution in [-0.4, -0.2) is 22.0 Å². The Labute approximate surface area is 110 Å². The van der Waals surface area contributed by atoms with Crippen LogP contribution in [0.1, 0.15) is 16.1 Å². The lowest BCUT2D eigenvalue weighted by molar-refractivity contribution is 0.102. The topological polar surface area (TPSA) is 72.9 Å². The molecule has 0 spiro atoms. The van der Waals surface area contributed by atoms with Gasteiger partial charge in [-0.15, -0.1) is 0 Å². The van der Waals surface area contributed by atoms with Crippen molar-refractivity contribution in [1.82, 2.24) is 9.55 Å². The lowest BCUT2D eigenvalue weighted by atomic mass is 10.2. The van der Waals surface area contributed by atoms with E-state index in [2.05, 4.69) is 10.3 Å². The van der Waals surface area contributed by atoms with Gasteiger partial charge in [0.25, 0.3) is 5.91 Å². The second kappa shape index (κ2) is 5.62. The zero-order valence-electron chi connectivity index (χ0n) is 10.6. The van der Waals surface area contributed by atoms with E-state index in [9.17, 15) is 9.18 Å². The number of carbonyl (C=O) groups is 1. The van der Waals surface area contributed by atoms with Crippen LogP contribution in [-0.2, 0) is 6.54 Å². The monoisotopic (exact) mass is 262 g/mol. The first-order valence-corrected chi connectivity index (χ1v) is 5.89. The number of imidazole rings is 1. The van der Waals surface area contributed by atoms with Gasteiger partial charge in [0.15, 0.2) is 0 Å². The number of rotatable bonds is 4. The number of amides is 1. The Kier molecular flexibility index (Phi) is 3.91. The SMILES string of the molecule is Cc1cc(F)cc(NC(=O)c2cn(CCN)cn2)c1. The molecule has 0 saturated heterocycles. The number of nitrogens with zero attached hydrogens (tertiary/aromatic N) is 2. The average molecular weight is 262 g/mol. The van der Waals surface area contributed by atoms with Crippen LogP contribution in [0.4, 0.5) is 10.1 Å². The van der Waals surface area contributed by atoms with Gasteiger partial charge in [-0.1, -0.05) is 0 Å². The van der Waals surface area contributed by atoms with Gasteiger partial charge in [-0.05, 0) is 30.7 Å². The Morgan fingerprint density at radius 1 is 1.47 bits per heavy atom. The summed E-state index contributed by atoms with van der Waals surface area (Å²) >= 11 is 0. The van der Waals surface area contributed by atoms with Crippen LogP contribution in [0.2, 0.25) is 0 Å². The fourth-order valence-corrected chi connectivity index (χ4v) is 1.75. The molecule has 0 radical (unpaired) electrons. The van der Waals surface area contributed by atoms with Crippen molar-refractivity contribution in [3.05, 3.63) is 47.8 Å². The lowest BCUT2D eigenvalue weighted by Gasteiger charge is -2.04. The molecule has 1 amide bonds. The van der Waals surface area contributed by atoms with Crippen molar-refractivity contribution in [3.63, 3.8) is 0 Å². The minimum absolute atomic E-state index is 0.273. The highest BCUT2D eigenvalue weighted by molar-refractivity contribution is 6.02. The first-order chi connectivity index (χ1) is 9.08. The molecular weight excluding hydrogens is 247 g/mol. The van der Waals surface area contributed by atoms with E-state index in [1.165, 1.54) is 12.1 Å². The molecule has 1 aromatic carbocycles. The first kappa shape index (κ1) is 13.2. The van der Waals surface area contributed by atoms with Crippen LogP contribution in [0.5, 0.6) is 0 Å². The van der Waals surface area contributed by atoms with E-state index in [1.807, 2.05) is 0 Å². The van der Waals surface area contributed by atoms with Crippen molar-refractivity contribution < 1.29 is 9.18 Å². The number of aryl methyl sites for hydroxylation is 1. The Hall–Kier alpha value is -2.21. The van der Waals surface area contributed by atoms with Crippen molar-refractivity contribution in [2.75, 3.05) is 11.9 Å². The van der Waals surface area contributed by atoms with Gasteiger partial charge in [-0.2, -0.15) is 0 Å². The quantitative estimate of drug-likeness (QED) is 0.877. The third-order valence-corrected chi connectivity index (χ3v) is 2.55. The Morgan fingerprint density at radius 2 is 2.26 bits per heavy atom. The summed E-state index contributed by atoms with van der Waals surface area (Å²) in [6.45, 7) is 2.83. The van der Waals surface area contributed by atoms with Crippen molar-refractivity contribution in [2.45, 2.75) is 13.5 Å². The van der Waals surface area contributed by atoms with E-state index >= 15 is 0 Å². The summed E-state index contributed by atoms with van der Waals surface area (Å²) in [5, 5.41) is 2.61. The van der Waals surface area contributed by atoms with Gasteiger partial charge in [0.2, 0.25) is 0 Å². The first-order valence-electron chi connectivity index (χ1n) is 5.89. The number of hydrogen-bond donors (Lipinski definition) is 2. The van der Waals surface area contributed by atoms with Crippen LogP contribution < -0.4 is 11.1 Å². The number of halogens is 1. The highest BCUT2D eigenvalue weighted by Gasteiger charge is 2.10. The molecule has 2 aromatic rings. The lowest BCUT2D eigenvalue weighted by Crippen LogP contribution is -2.13. The second-order valence-corrected chi connectivity index (χ2v) is 4.26. The summed E-state index contributed by atoms with van der Waals surface area (Å²) in [5.41, 5.74) is 6.84. The number of aromatic nitrogens is 2. The second-order valence-electron chi connectivity index (χ2n) is 4.26. The predicted octanol–water partition coefficient (Wildman–Crippen LogP) is 1.54. The summed E-state index contributed by atoms with van der Waals surface area (Å²) in [6.07, 6.45) is 3.15.